The summed E-state index contributed by atoms with van der Waals surface area (Å²) in [4.78, 5) is 40.4. The third-order valence-electron chi connectivity index (χ3n) is 7.79. The van der Waals surface area contributed by atoms with E-state index >= 15 is 0 Å². The molecular weight excluding hydrogens is 466 g/mol. The van der Waals surface area contributed by atoms with Crippen LogP contribution in [0.15, 0.2) is 60.0 Å². The van der Waals surface area contributed by atoms with Crippen LogP contribution in [-0.2, 0) is 11.3 Å². The molecule has 0 spiro atoms. The monoisotopic (exact) mass is 499 g/mol. The molecule has 0 unspecified atom stereocenters. The van der Waals surface area contributed by atoms with Crippen molar-refractivity contribution in [3.8, 4) is 0 Å². The summed E-state index contributed by atoms with van der Waals surface area (Å²) in [5, 5.41) is 4.12. The summed E-state index contributed by atoms with van der Waals surface area (Å²) in [6.45, 7) is 9.93. The van der Waals surface area contributed by atoms with E-state index in [0.717, 1.165) is 49.7 Å². The van der Waals surface area contributed by atoms with Gasteiger partial charge in [0.05, 0.1) is 0 Å². The van der Waals surface area contributed by atoms with E-state index in [1.807, 2.05) is 0 Å². The first-order valence-corrected chi connectivity index (χ1v) is 13.2. The van der Waals surface area contributed by atoms with Crippen molar-refractivity contribution in [2.45, 2.75) is 31.8 Å². The van der Waals surface area contributed by atoms with E-state index in [1.165, 1.54) is 24.6 Å². The zero-order valence-corrected chi connectivity index (χ0v) is 21.1. The molecule has 2 aliphatic heterocycles. The van der Waals surface area contributed by atoms with Crippen LogP contribution in [0.1, 0.15) is 19.3 Å². The zero-order valence-electron chi connectivity index (χ0n) is 21.1. The number of nitrogens with zero attached hydrogens (tertiary/aromatic N) is 6. The molecule has 192 valence electrons. The number of likely N-dealkylation sites (tertiary alicyclic amines) is 1. The number of aryl methyl sites for hydroxylation is 1. The van der Waals surface area contributed by atoms with Crippen molar-refractivity contribution < 1.29 is 4.79 Å². The van der Waals surface area contributed by atoms with Crippen LogP contribution in [0, 0.1) is 5.92 Å². The van der Waals surface area contributed by atoms with Crippen molar-refractivity contribution in [2.24, 2.45) is 5.92 Å². The van der Waals surface area contributed by atoms with Gasteiger partial charge in [0.15, 0.2) is 0 Å². The smallest absolute Gasteiger partial charge is 0.252 e. The molecule has 9 nitrogen and oxygen atoms in total. The van der Waals surface area contributed by atoms with Gasteiger partial charge in [-0.2, -0.15) is 4.98 Å². The van der Waals surface area contributed by atoms with Crippen LogP contribution in [0.4, 0.5) is 17.3 Å². The number of nitrogens with one attached hydrogen (secondary N) is 1. The molecule has 1 saturated carbocycles. The molecule has 1 aliphatic carbocycles. The third-order valence-corrected chi connectivity index (χ3v) is 7.79. The number of rotatable bonds is 8. The second-order valence-corrected chi connectivity index (χ2v) is 10.3. The number of fused-ring (bicyclic) bond motifs is 1. The standard InChI is InChI=1S/C28H33N7O2/c1-2-25(36)34-18-20(19-34)11-12-35-26(37)10-3-21-17-29-28(31-27(21)35)30-22-4-6-23(7-5-22)32-13-15-33(16-14-32)24-8-9-24/h2-7,10,17,20,24H,1,8-9,11-16,18-19H2,(H,29,30,31). The summed E-state index contributed by atoms with van der Waals surface area (Å²) in [5.74, 6) is 0.802. The normalized spacial score (nSPS) is 18.6. The molecule has 0 bridgehead atoms. The Morgan fingerprint density at radius 1 is 1.05 bits per heavy atom. The van der Waals surface area contributed by atoms with Gasteiger partial charge in [-0.25, -0.2) is 4.98 Å². The molecule has 4 heterocycles. The van der Waals surface area contributed by atoms with E-state index < -0.39 is 0 Å². The average molecular weight is 500 g/mol. The fourth-order valence-corrected chi connectivity index (χ4v) is 5.39. The molecule has 3 aliphatic rings. The minimum Gasteiger partial charge on any atom is -0.369 e. The molecule has 3 fully saturated rings. The highest BCUT2D eigenvalue weighted by Gasteiger charge is 2.31. The summed E-state index contributed by atoms with van der Waals surface area (Å²) in [6, 6.07) is 12.6. The van der Waals surface area contributed by atoms with Gasteiger partial charge in [0.2, 0.25) is 11.9 Å². The highest BCUT2D eigenvalue weighted by Crippen LogP contribution is 2.29. The molecule has 1 N–H and O–H groups in total. The molecule has 2 saturated heterocycles. The lowest BCUT2D eigenvalue weighted by molar-refractivity contribution is -0.132. The predicted octanol–water partition coefficient (Wildman–Crippen LogP) is 2.85. The Morgan fingerprint density at radius 3 is 2.51 bits per heavy atom. The van der Waals surface area contributed by atoms with Crippen LogP contribution in [0.3, 0.4) is 0 Å². The van der Waals surface area contributed by atoms with Gasteiger partial charge in [-0.15, -0.1) is 0 Å². The highest BCUT2D eigenvalue weighted by atomic mass is 16.2. The fourth-order valence-electron chi connectivity index (χ4n) is 5.39. The Bertz CT molecular complexity index is 1350. The lowest BCUT2D eigenvalue weighted by atomic mass is 9.96. The maximum Gasteiger partial charge on any atom is 0.252 e. The average Bonchev–Trinajstić information content (AvgIpc) is 3.75. The van der Waals surface area contributed by atoms with Crippen molar-refractivity contribution in [2.75, 3.05) is 49.5 Å². The van der Waals surface area contributed by atoms with Crippen molar-refractivity contribution >= 4 is 34.3 Å². The topological polar surface area (TPSA) is 86.6 Å². The summed E-state index contributed by atoms with van der Waals surface area (Å²) in [6.07, 6.45) is 6.64. The third kappa shape index (κ3) is 5.09. The van der Waals surface area contributed by atoms with Crippen LogP contribution < -0.4 is 15.8 Å². The van der Waals surface area contributed by atoms with Crippen LogP contribution in [-0.4, -0.2) is 75.6 Å². The van der Waals surface area contributed by atoms with Crippen LogP contribution in [0.5, 0.6) is 0 Å². The molecule has 3 aromatic rings. The molecule has 0 atom stereocenters. The van der Waals surface area contributed by atoms with Gasteiger partial charge in [0, 0.05) is 80.9 Å². The first-order valence-electron chi connectivity index (χ1n) is 13.2. The number of benzene rings is 1. The summed E-state index contributed by atoms with van der Waals surface area (Å²) >= 11 is 0. The Labute approximate surface area is 216 Å². The van der Waals surface area contributed by atoms with Gasteiger partial charge in [0.25, 0.3) is 5.56 Å². The zero-order chi connectivity index (χ0) is 25.4. The number of hydrogen-bond donors (Lipinski definition) is 1. The molecule has 2 aromatic heterocycles. The van der Waals surface area contributed by atoms with E-state index in [0.29, 0.717) is 37.1 Å². The Hall–Kier alpha value is -3.72. The molecule has 0 radical (unpaired) electrons. The molecular formula is C28H33N7O2. The minimum atomic E-state index is -0.0818. The number of piperazine rings is 1. The largest absolute Gasteiger partial charge is 0.369 e. The Balaban J connectivity index is 1.11. The Kier molecular flexibility index (Phi) is 6.38. The number of aromatic nitrogens is 3. The van der Waals surface area contributed by atoms with E-state index in [4.69, 9.17) is 4.98 Å². The molecule has 1 amide bonds. The van der Waals surface area contributed by atoms with Gasteiger partial charge in [-0.1, -0.05) is 6.58 Å². The van der Waals surface area contributed by atoms with E-state index in [1.54, 1.807) is 27.8 Å². The molecule has 1 aromatic carbocycles. The SMILES string of the molecule is C=CC(=O)N1CC(CCn2c(=O)ccc3cnc(Nc4ccc(N5CCN(C6CC6)CC5)cc4)nc32)C1. The van der Waals surface area contributed by atoms with E-state index in [-0.39, 0.29) is 11.5 Å². The molecule has 9 heteroatoms. The number of pyridine rings is 1. The highest BCUT2D eigenvalue weighted by molar-refractivity contribution is 5.87. The van der Waals surface area contributed by atoms with Gasteiger partial charge >= 0.3 is 0 Å². The molecule has 6 rings (SSSR count). The van der Waals surface area contributed by atoms with Crippen molar-refractivity contribution in [3.05, 3.63) is 65.6 Å². The summed E-state index contributed by atoms with van der Waals surface area (Å²) < 4.78 is 1.71. The number of hydrogen-bond acceptors (Lipinski definition) is 7. The molecule has 37 heavy (non-hydrogen) atoms. The van der Waals surface area contributed by atoms with Gasteiger partial charge in [-0.05, 0) is 61.6 Å². The summed E-state index contributed by atoms with van der Waals surface area (Å²) in [5.41, 5.74) is 2.68. The fraction of sp³-hybridized carbons (Fsp3) is 0.429. The van der Waals surface area contributed by atoms with Crippen molar-refractivity contribution in [1.82, 2.24) is 24.3 Å². The maximum atomic E-state index is 12.7. The minimum absolute atomic E-state index is 0.0359. The Morgan fingerprint density at radius 2 is 1.81 bits per heavy atom. The van der Waals surface area contributed by atoms with E-state index in [2.05, 4.69) is 50.9 Å². The number of carbonyl (C=O) groups is 1. The van der Waals surface area contributed by atoms with Gasteiger partial charge in [0.1, 0.15) is 5.65 Å². The van der Waals surface area contributed by atoms with Crippen LogP contribution >= 0.6 is 0 Å². The van der Waals surface area contributed by atoms with Crippen LogP contribution in [0.25, 0.3) is 11.0 Å². The lowest BCUT2D eigenvalue weighted by Gasteiger charge is -2.38. The van der Waals surface area contributed by atoms with E-state index in [9.17, 15) is 9.59 Å². The van der Waals surface area contributed by atoms with Gasteiger partial charge in [-0.3, -0.25) is 19.1 Å². The van der Waals surface area contributed by atoms with Crippen LogP contribution in [0.2, 0.25) is 0 Å². The van der Waals surface area contributed by atoms with Crippen molar-refractivity contribution in [1.29, 1.82) is 0 Å². The summed E-state index contributed by atoms with van der Waals surface area (Å²) in [7, 11) is 0. The predicted molar refractivity (Wildman–Crippen MR) is 145 cm³/mol. The number of carbonyl (C=O) groups excluding carboxylic acids is 1. The lowest BCUT2D eigenvalue weighted by Crippen LogP contribution is -2.49. The first-order chi connectivity index (χ1) is 18.1. The number of amides is 1. The van der Waals surface area contributed by atoms with Crippen molar-refractivity contribution in [3.63, 3.8) is 0 Å². The number of anilines is 3. The first kappa shape index (κ1) is 23.7. The maximum absolute atomic E-state index is 12.7. The van der Waals surface area contributed by atoms with Gasteiger partial charge < -0.3 is 15.1 Å². The second-order valence-electron chi connectivity index (χ2n) is 10.3. The second kappa shape index (κ2) is 9.97. The quantitative estimate of drug-likeness (QED) is 0.477.